The van der Waals surface area contributed by atoms with Gasteiger partial charge < -0.3 is 15.8 Å². The molecule has 0 aliphatic rings. The Morgan fingerprint density at radius 2 is 1.86 bits per heavy atom. The van der Waals surface area contributed by atoms with Crippen LogP contribution in [0, 0.1) is 5.92 Å². The first-order valence-corrected chi connectivity index (χ1v) is 9.17. The van der Waals surface area contributed by atoms with E-state index in [9.17, 15) is 4.79 Å². The molecule has 146 valence electrons. The van der Waals surface area contributed by atoms with Gasteiger partial charge in [-0.25, -0.2) is 0 Å². The molecule has 1 atom stereocenters. The Labute approximate surface area is 163 Å². The summed E-state index contributed by atoms with van der Waals surface area (Å²) in [5.41, 5.74) is 6.94. The van der Waals surface area contributed by atoms with Gasteiger partial charge in [0, 0.05) is 17.8 Å². The number of carbonyl (C=O) groups is 1. The maximum absolute atomic E-state index is 12.9. The van der Waals surface area contributed by atoms with E-state index in [0.717, 1.165) is 5.56 Å². The fraction of sp³-hybridized carbons (Fsp3) is 0.300. The van der Waals surface area contributed by atoms with Gasteiger partial charge in [0.05, 0.1) is 0 Å². The molecular weight excluding hydrogens is 356 g/mol. The summed E-state index contributed by atoms with van der Waals surface area (Å²) in [5.74, 6) is 0.961. The second-order valence-electron chi connectivity index (χ2n) is 6.64. The van der Waals surface area contributed by atoms with Crippen molar-refractivity contribution in [3.63, 3.8) is 0 Å². The van der Waals surface area contributed by atoms with Gasteiger partial charge in [0.25, 0.3) is 5.91 Å². The van der Waals surface area contributed by atoms with Gasteiger partial charge in [-0.2, -0.15) is 4.80 Å². The Morgan fingerprint density at radius 3 is 2.50 bits per heavy atom. The Morgan fingerprint density at radius 1 is 1.14 bits per heavy atom. The van der Waals surface area contributed by atoms with Crippen molar-refractivity contribution in [3.05, 3.63) is 54.6 Å². The van der Waals surface area contributed by atoms with Crippen LogP contribution < -0.4 is 15.8 Å². The lowest BCUT2D eigenvalue weighted by Crippen LogP contribution is -2.31. The summed E-state index contributed by atoms with van der Waals surface area (Å²) < 4.78 is 5.44. The van der Waals surface area contributed by atoms with Crippen LogP contribution in [-0.2, 0) is 4.79 Å². The quantitative estimate of drug-likeness (QED) is 0.622. The predicted molar refractivity (Wildman–Crippen MR) is 107 cm³/mol. The van der Waals surface area contributed by atoms with E-state index in [4.69, 9.17) is 10.5 Å². The van der Waals surface area contributed by atoms with Gasteiger partial charge in [-0.05, 0) is 35.4 Å². The van der Waals surface area contributed by atoms with Crippen LogP contribution in [0.3, 0.4) is 0 Å². The first-order chi connectivity index (χ1) is 13.6. The van der Waals surface area contributed by atoms with E-state index in [-0.39, 0.29) is 11.8 Å². The first kappa shape index (κ1) is 19.5. The number of hydrogen-bond acceptors (Lipinski definition) is 6. The standard InChI is InChI=1S/C20H24N6O2/c1-14(2)18(26-24-19(23-25-26)15-6-4-3-5-7-15)20(27)22-16-8-10-17(11-9-16)28-13-12-21/h3-11,14,18H,12-13,21H2,1-2H3,(H,22,27). The summed E-state index contributed by atoms with van der Waals surface area (Å²) >= 11 is 0. The normalized spacial score (nSPS) is 12.0. The molecule has 8 nitrogen and oxygen atoms in total. The van der Waals surface area contributed by atoms with Gasteiger partial charge in [0.2, 0.25) is 5.82 Å². The van der Waals surface area contributed by atoms with E-state index < -0.39 is 6.04 Å². The number of ether oxygens (including phenoxy) is 1. The van der Waals surface area contributed by atoms with Crippen LogP contribution in [0.25, 0.3) is 11.4 Å². The molecule has 0 aliphatic heterocycles. The monoisotopic (exact) mass is 380 g/mol. The SMILES string of the molecule is CC(C)C(C(=O)Nc1ccc(OCCN)cc1)n1nnc(-c2ccccc2)n1. The number of hydrogen-bond donors (Lipinski definition) is 2. The zero-order valence-electron chi connectivity index (χ0n) is 15.9. The minimum Gasteiger partial charge on any atom is -0.492 e. The molecule has 1 unspecified atom stereocenters. The third kappa shape index (κ3) is 4.72. The molecule has 1 aromatic heterocycles. The van der Waals surface area contributed by atoms with Crippen molar-refractivity contribution >= 4 is 11.6 Å². The number of amides is 1. The van der Waals surface area contributed by atoms with Gasteiger partial charge in [-0.1, -0.05) is 44.2 Å². The van der Waals surface area contributed by atoms with Crippen molar-refractivity contribution in [3.8, 4) is 17.1 Å². The lowest BCUT2D eigenvalue weighted by molar-refractivity contribution is -0.121. The fourth-order valence-electron chi connectivity index (χ4n) is 2.75. The number of benzene rings is 2. The van der Waals surface area contributed by atoms with E-state index in [1.165, 1.54) is 4.80 Å². The lowest BCUT2D eigenvalue weighted by Gasteiger charge is -2.19. The maximum atomic E-state index is 12.9. The molecule has 0 fully saturated rings. The number of rotatable bonds is 8. The van der Waals surface area contributed by atoms with Gasteiger partial charge in [0.15, 0.2) is 6.04 Å². The molecule has 0 spiro atoms. The smallest absolute Gasteiger partial charge is 0.251 e. The van der Waals surface area contributed by atoms with Crippen molar-refractivity contribution in [1.82, 2.24) is 20.2 Å². The van der Waals surface area contributed by atoms with E-state index >= 15 is 0 Å². The highest BCUT2D eigenvalue weighted by Gasteiger charge is 2.27. The Hall–Kier alpha value is -3.26. The Balaban J connectivity index is 1.73. The van der Waals surface area contributed by atoms with E-state index in [1.54, 1.807) is 24.3 Å². The van der Waals surface area contributed by atoms with Crippen LogP contribution in [0.1, 0.15) is 19.9 Å². The molecule has 3 N–H and O–H groups in total. The average molecular weight is 380 g/mol. The molecule has 0 bridgehead atoms. The van der Waals surface area contributed by atoms with Gasteiger partial charge in [0.1, 0.15) is 12.4 Å². The number of nitrogens with zero attached hydrogens (tertiary/aromatic N) is 4. The molecule has 8 heteroatoms. The van der Waals surface area contributed by atoms with Crippen LogP contribution in [0.5, 0.6) is 5.75 Å². The second-order valence-corrected chi connectivity index (χ2v) is 6.64. The number of anilines is 1. The van der Waals surface area contributed by atoms with Crippen molar-refractivity contribution in [2.24, 2.45) is 11.7 Å². The van der Waals surface area contributed by atoms with Crippen LogP contribution >= 0.6 is 0 Å². The van der Waals surface area contributed by atoms with Crippen LogP contribution in [0.15, 0.2) is 54.6 Å². The highest BCUT2D eigenvalue weighted by molar-refractivity contribution is 5.93. The molecule has 1 heterocycles. The summed E-state index contributed by atoms with van der Waals surface area (Å²) in [6.45, 7) is 4.78. The average Bonchev–Trinajstić information content (AvgIpc) is 3.17. The molecule has 0 aliphatic carbocycles. The van der Waals surface area contributed by atoms with Crippen molar-refractivity contribution in [2.75, 3.05) is 18.5 Å². The van der Waals surface area contributed by atoms with Crippen molar-refractivity contribution in [1.29, 1.82) is 0 Å². The minimum absolute atomic E-state index is 0.0232. The number of aromatic nitrogens is 4. The molecule has 2 aromatic carbocycles. The number of nitrogens with two attached hydrogens (primary N) is 1. The summed E-state index contributed by atoms with van der Waals surface area (Å²) in [4.78, 5) is 14.2. The molecular formula is C20H24N6O2. The Kier molecular flexibility index (Phi) is 6.33. The molecule has 0 saturated heterocycles. The van der Waals surface area contributed by atoms with E-state index in [0.29, 0.717) is 30.4 Å². The third-order valence-corrected chi connectivity index (χ3v) is 4.12. The Bertz CT molecular complexity index is 893. The van der Waals surface area contributed by atoms with Gasteiger partial charge in [-0.15, -0.1) is 10.2 Å². The second kappa shape index (κ2) is 9.09. The zero-order chi connectivity index (χ0) is 19.9. The largest absolute Gasteiger partial charge is 0.492 e. The van der Waals surface area contributed by atoms with Crippen LogP contribution in [-0.4, -0.2) is 39.3 Å². The topological polar surface area (TPSA) is 108 Å². The highest BCUT2D eigenvalue weighted by Crippen LogP contribution is 2.22. The van der Waals surface area contributed by atoms with E-state index in [2.05, 4.69) is 20.7 Å². The highest BCUT2D eigenvalue weighted by atomic mass is 16.5. The van der Waals surface area contributed by atoms with Crippen molar-refractivity contribution < 1.29 is 9.53 Å². The fourth-order valence-corrected chi connectivity index (χ4v) is 2.75. The first-order valence-electron chi connectivity index (χ1n) is 9.17. The number of carbonyl (C=O) groups excluding carboxylic acids is 1. The van der Waals surface area contributed by atoms with Gasteiger partial charge in [-0.3, -0.25) is 4.79 Å². The van der Waals surface area contributed by atoms with Crippen molar-refractivity contribution in [2.45, 2.75) is 19.9 Å². The number of tetrazole rings is 1. The predicted octanol–water partition coefficient (Wildman–Crippen LogP) is 2.51. The summed E-state index contributed by atoms with van der Waals surface area (Å²) in [6, 6.07) is 16.1. The zero-order valence-corrected chi connectivity index (χ0v) is 15.9. The maximum Gasteiger partial charge on any atom is 0.251 e. The molecule has 3 rings (SSSR count). The van der Waals surface area contributed by atoms with Crippen LogP contribution in [0.4, 0.5) is 5.69 Å². The van der Waals surface area contributed by atoms with Crippen LogP contribution in [0.2, 0.25) is 0 Å². The third-order valence-electron chi connectivity index (χ3n) is 4.12. The summed E-state index contributed by atoms with van der Waals surface area (Å²) in [6.07, 6.45) is 0. The molecule has 3 aromatic rings. The number of nitrogens with one attached hydrogen (secondary N) is 1. The lowest BCUT2D eigenvalue weighted by atomic mass is 10.0. The minimum atomic E-state index is -0.585. The molecule has 0 saturated carbocycles. The summed E-state index contributed by atoms with van der Waals surface area (Å²) in [5, 5.41) is 15.5. The van der Waals surface area contributed by atoms with E-state index in [1.807, 2.05) is 44.2 Å². The molecule has 0 radical (unpaired) electrons. The molecule has 1 amide bonds. The molecule has 28 heavy (non-hydrogen) atoms. The summed E-state index contributed by atoms with van der Waals surface area (Å²) in [7, 11) is 0. The van der Waals surface area contributed by atoms with Gasteiger partial charge >= 0.3 is 0 Å².